The number of rotatable bonds is 3. The molecule has 5 nitrogen and oxygen atoms in total. The van der Waals surface area contributed by atoms with Gasteiger partial charge in [0.25, 0.3) is 5.89 Å². The Hall–Kier alpha value is -2.92. The summed E-state index contributed by atoms with van der Waals surface area (Å²) in [5.41, 5.74) is 2.39. The molecule has 0 saturated carbocycles. The van der Waals surface area contributed by atoms with Crippen molar-refractivity contribution < 1.29 is 9.26 Å². The first-order valence-electron chi connectivity index (χ1n) is 7.28. The fraction of sp³-hybridized carbons (Fsp3) is 0.0556. The lowest BCUT2D eigenvalue weighted by Crippen LogP contribution is -1.87. The summed E-state index contributed by atoms with van der Waals surface area (Å²) < 4.78 is 10.6. The summed E-state index contributed by atoms with van der Waals surface area (Å²) in [7, 11) is 1.62. The Bertz CT molecular complexity index is 1010. The average Bonchev–Trinajstić information content (AvgIpc) is 3.11. The summed E-state index contributed by atoms with van der Waals surface area (Å²) >= 11 is 6.12. The van der Waals surface area contributed by atoms with Crippen LogP contribution in [0.5, 0.6) is 5.75 Å². The number of para-hydroxylation sites is 1. The van der Waals surface area contributed by atoms with E-state index in [1.807, 2.05) is 48.5 Å². The second kappa shape index (κ2) is 5.94. The van der Waals surface area contributed by atoms with Gasteiger partial charge in [0.05, 0.1) is 18.2 Å². The van der Waals surface area contributed by atoms with Crippen LogP contribution in [0.15, 0.2) is 59.1 Å². The van der Waals surface area contributed by atoms with Gasteiger partial charge >= 0.3 is 0 Å². The predicted molar refractivity (Wildman–Crippen MR) is 92.0 cm³/mol. The molecule has 0 amide bonds. The minimum atomic E-state index is 0.382. The van der Waals surface area contributed by atoms with Gasteiger partial charge < -0.3 is 9.26 Å². The lowest BCUT2D eigenvalue weighted by Gasteiger charge is -2.02. The molecular weight excluding hydrogens is 326 g/mol. The van der Waals surface area contributed by atoms with Gasteiger partial charge in [-0.3, -0.25) is 0 Å². The first kappa shape index (κ1) is 14.7. The Balaban J connectivity index is 1.80. The molecule has 4 aromatic rings. The monoisotopic (exact) mass is 337 g/mol. The van der Waals surface area contributed by atoms with Gasteiger partial charge in [-0.15, -0.1) is 0 Å². The van der Waals surface area contributed by atoms with Crippen molar-refractivity contribution in [3.05, 3.63) is 59.8 Å². The zero-order valence-corrected chi connectivity index (χ0v) is 13.5. The molecule has 0 unspecified atom stereocenters. The largest absolute Gasteiger partial charge is 0.497 e. The number of fused-ring (bicyclic) bond motifs is 1. The molecule has 2 aromatic carbocycles. The summed E-state index contributed by atoms with van der Waals surface area (Å²) in [6, 6.07) is 16.9. The van der Waals surface area contributed by atoms with Crippen LogP contribution in [0.4, 0.5) is 0 Å². The first-order chi connectivity index (χ1) is 11.7. The van der Waals surface area contributed by atoms with Crippen molar-refractivity contribution in [3.8, 4) is 28.6 Å². The number of benzene rings is 2. The van der Waals surface area contributed by atoms with Crippen LogP contribution in [0.3, 0.4) is 0 Å². The van der Waals surface area contributed by atoms with Crippen molar-refractivity contribution in [1.82, 2.24) is 15.1 Å². The van der Waals surface area contributed by atoms with Crippen LogP contribution in [0.25, 0.3) is 33.7 Å². The third kappa shape index (κ3) is 2.59. The van der Waals surface area contributed by atoms with Crippen LogP contribution in [0.1, 0.15) is 0 Å². The van der Waals surface area contributed by atoms with Crippen molar-refractivity contribution in [3.63, 3.8) is 0 Å². The second-order valence-corrected chi connectivity index (χ2v) is 5.55. The number of aromatic nitrogens is 3. The molecule has 0 radical (unpaired) electrons. The number of ether oxygens (including phenoxy) is 1. The zero-order valence-electron chi connectivity index (χ0n) is 12.7. The second-order valence-electron chi connectivity index (χ2n) is 5.16. The molecule has 0 spiro atoms. The minimum Gasteiger partial charge on any atom is -0.497 e. The minimum absolute atomic E-state index is 0.382. The van der Waals surface area contributed by atoms with Gasteiger partial charge in [0.1, 0.15) is 10.9 Å². The van der Waals surface area contributed by atoms with Crippen LogP contribution < -0.4 is 4.74 Å². The van der Waals surface area contributed by atoms with Crippen LogP contribution in [0, 0.1) is 0 Å². The summed E-state index contributed by atoms with van der Waals surface area (Å²) in [6.07, 6.45) is 0. The Morgan fingerprint density at radius 3 is 2.58 bits per heavy atom. The highest BCUT2D eigenvalue weighted by atomic mass is 35.5. The summed E-state index contributed by atoms with van der Waals surface area (Å²) in [4.78, 5) is 8.80. The molecule has 2 aromatic heterocycles. The maximum atomic E-state index is 6.12. The molecule has 2 heterocycles. The van der Waals surface area contributed by atoms with E-state index in [1.165, 1.54) is 0 Å². The molecule has 24 heavy (non-hydrogen) atoms. The lowest BCUT2D eigenvalue weighted by atomic mass is 10.1. The van der Waals surface area contributed by atoms with E-state index in [-0.39, 0.29) is 0 Å². The normalized spacial score (nSPS) is 10.9. The Kier molecular flexibility index (Phi) is 3.63. The number of hydrogen-bond donors (Lipinski definition) is 0. The molecule has 118 valence electrons. The van der Waals surface area contributed by atoms with E-state index in [2.05, 4.69) is 15.1 Å². The first-order valence-corrected chi connectivity index (χ1v) is 7.66. The highest BCUT2D eigenvalue weighted by Crippen LogP contribution is 2.30. The van der Waals surface area contributed by atoms with Gasteiger partial charge in [-0.05, 0) is 36.4 Å². The third-order valence-electron chi connectivity index (χ3n) is 3.69. The van der Waals surface area contributed by atoms with Crippen molar-refractivity contribution in [2.45, 2.75) is 0 Å². The molecular formula is C18H12ClN3O2. The number of hydrogen-bond acceptors (Lipinski definition) is 5. The van der Waals surface area contributed by atoms with Gasteiger partial charge in [-0.2, -0.15) is 4.98 Å². The zero-order chi connectivity index (χ0) is 16.5. The van der Waals surface area contributed by atoms with Gasteiger partial charge in [0.2, 0.25) is 5.82 Å². The average molecular weight is 338 g/mol. The number of pyridine rings is 1. The molecule has 0 aliphatic rings. The van der Waals surface area contributed by atoms with E-state index in [0.717, 1.165) is 27.8 Å². The van der Waals surface area contributed by atoms with Crippen molar-refractivity contribution >= 4 is 22.5 Å². The standard InChI is InChI=1S/C18H12ClN3O2/c1-23-12-8-6-11(7-9-12)17-21-18(24-22-17)14-10-16(19)20-15-5-3-2-4-13(14)15/h2-10H,1H3. The van der Waals surface area contributed by atoms with Crippen LogP contribution >= 0.6 is 11.6 Å². The highest BCUT2D eigenvalue weighted by Gasteiger charge is 2.15. The Labute approximate surface area is 142 Å². The van der Waals surface area contributed by atoms with Crippen LogP contribution in [-0.4, -0.2) is 22.2 Å². The molecule has 0 atom stereocenters. The Morgan fingerprint density at radius 2 is 1.79 bits per heavy atom. The quantitative estimate of drug-likeness (QED) is 0.511. The van der Waals surface area contributed by atoms with E-state index in [0.29, 0.717) is 16.9 Å². The van der Waals surface area contributed by atoms with Crippen LogP contribution in [-0.2, 0) is 0 Å². The highest BCUT2D eigenvalue weighted by molar-refractivity contribution is 6.30. The number of halogens is 1. The maximum Gasteiger partial charge on any atom is 0.259 e. The van der Waals surface area contributed by atoms with Gasteiger partial charge in [-0.25, -0.2) is 4.98 Å². The van der Waals surface area contributed by atoms with E-state index in [4.69, 9.17) is 20.9 Å². The van der Waals surface area contributed by atoms with Crippen molar-refractivity contribution in [2.75, 3.05) is 7.11 Å². The fourth-order valence-corrected chi connectivity index (χ4v) is 2.71. The van der Waals surface area contributed by atoms with Crippen molar-refractivity contribution in [2.24, 2.45) is 0 Å². The molecule has 0 saturated heterocycles. The van der Waals surface area contributed by atoms with Gasteiger partial charge in [0, 0.05) is 10.9 Å². The maximum absolute atomic E-state index is 6.12. The fourth-order valence-electron chi connectivity index (χ4n) is 2.51. The van der Waals surface area contributed by atoms with Gasteiger partial charge in [-0.1, -0.05) is 35.0 Å². The molecule has 0 aliphatic carbocycles. The molecule has 0 N–H and O–H groups in total. The number of nitrogens with zero attached hydrogens (tertiary/aromatic N) is 3. The Morgan fingerprint density at radius 1 is 1.00 bits per heavy atom. The van der Waals surface area contributed by atoms with Gasteiger partial charge in [0.15, 0.2) is 0 Å². The summed E-state index contributed by atoms with van der Waals surface area (Å²) in [5.74, 6) is 1.68. The summed E-state index contributed by atoms with van der Waals surface area (Å²) in [6.45, 7) is 0. The lowest BCUT2D eigenvalue weighted by molar-refractivity contribution is 0.415. The van der Waals surface area contributed by atoms with Crippen molar-refractivity contribution in [1.29, 1.82) is 0 Å². The molecule has 6 heteroatoms. The molecule has 0 bridgehead atoms. The molecule has 0 aliphatic heterocycles. The van der Waals surface area contributed by atoms with E-state index in [1.54, 1.807) is 13.2 Å². The van der Waals surface area contributed by atoms with Crippen LogP contribution in [0.2, 0.25) is 5.15 Å². The molecule has 0 fully saturated rings. The smallest absolute Gasteiger partial charge is 0.259 e. The molecule has 4 rings (SSSR count). The van der Waals surface area contributed by atoms with E-state index < -0.39 is 0 Å². The topological polar surface area (TPSA) is 61.0 Å². The SMILES string of the molecule is COc1ccc(-c2noc(-c3cc(Cl)nc4ccccc34)n2)cc1. The predicted octanol–water partition coefficient (Wildman–Crippen LogP) is 4.61. The summed E-state index contributed by atoms with van der Waals surface area (Å²) in [5, 5.41) is 5.36. The van der Waals surface area contributed by atoms with E-state index in [9.17, 15) is 0 Å². The third-order valence-corrected chi connectivity index (χ3v) is 3.88. The van der Waals surface area contributed by atoms with E-state index >= 15 is 0 Å². The number of methoxy groups -OCH3 is 1.